The van der Waals surface area contributed by atoms with Crippen LogP contribution in [0.15, 0.2) is 30.3 Å². The van der Waals surface area contributed by atoms with Crippen molar-refractivity contribution >= 4 is 17.8 Å². The van der Waals surface area contributed by atoms with Gasteiger partial charge in [-0.05, 0) is 24.8 Å². The lowest BCUT2D eigenvalue weighted by atomic mass is 10.1. The Hall–Kier alpha value is -2.41. The first kappa shape index (κ1) is 20.9. The highest BCUT2D eigenvalue weighted by Crippen LogP contribution is 2.18. The molecule has 1 aliphatic heterocycles. The largest absolute Gasteiger partial charge is 0.480 e. The first-order valence-corrected chi connectivity index (χ1v) is 9.36. The van der Waals surface area contributed by atoms with Gasteiger partial charge in [0.1, 0.15) is 6.54 Å². The third-order valence-electron chi connectivity index (χ3n) is 4.77. The maximum Gasteiger partial charge on any atom is 0.323 e. The summed E-state index contributed by atoms with van der Waals surface area (Å²) in [5.74, 6) is -1.22. The van der Waals surface area contributed by atoms with E-state index in [1.54, 1.807) is 4.90 Å². The predicted octanol–water partition coefficient (Wildman–Crippen LogP) is 1.91. The third kappa shape index (κ3) is 7.02. The van der Waals surface area contributed by atoms with E-state index >= 15 is 0 Å². The van der Waals surface area contributed by atoms with Crippen molar-refractivity contribution in [3.8, 4) is 0 Å². The van der Waals surface area contributed by atoms with Gasteiger partial charge in [-0.15, -0.1) is 0 Å². The lowest BCUT2D eigenvalue weighted by Gasteiger charge is -2.28. The molecule has 2 rings (SSSR count). The van der Waals surface area contributed by atoms with Crippen LogP contribution < -0.4 is 0 Å². The highest BCUT2D eigenvalue weighted by atomic mass is 16.5. The van der Waals surface area contributed by atoms with Gasteiger partial charge in [0.2, 0.25) is 11.8 Å². The summed E-state index contributed by atoms with van der Waals surface area (Å²) >= 11 is 0. The summed E-state index contributed by atoms with van der Waals surface area (Å²) in [7, 11) is 0. The van der Waals surface area contributed by atoms with Crippen LogP contribution in [-0.2, 0) is 25.7 Å². The molecule has 0 spiro atoms. The summed E-state index contributed by atoms with van der Waals surface area (Å²) in [4.78, 5) is 38.4. The van der Waals surface area contributed by atoms with E-state index in [1.807, 2.05) is 30.3 Å². The van der Waals surface area contributed by atoms with Gasteiger partial charge in [-0.25, -0.2) is 0 Å². The van der Waals surface area contributed by atoms with E-state index in [4.69, 9.17) is 9.84 Å². The Balaban J connectivity index is 1.76. The van der Waals surface area contributed by atoms with Crippen LogP contribution >= 0.6 is 0 Å². The van der Waals surface area contributed by atoms with Gasteiger partial charge < -0.3 is 19.6 Å². The number of carbonyl (C=O) groups is 3. The molecule has 1 aromatic carbocycles. The van der Waals surface area contributed by atoms with Crippen LogP contribution in [0.3, 0.4) is 0 Å². The smallest absolute Gasteiger partial charge is 0.323 e. The fraction of sp³-hybridized carbons (Fsp3) is 0.550. The Bertz CT molecular complexity index is 635. The van der Waals surface area contributed by atoms with Gasteiger partial charge in [-0.3, -0.25) is 14.4 Å². The van der Waals surface area contributed by atoms with Crippen LogP contribution in [0.2, 0.25) is 0 Å². The molecule has 7 heteroatoms. The number of rotatable bonds is 8. The van der Waals surface area contributed by atoms with Crippen molar-refractivity contribution in [2.75, 3.05) is 26.2 Å². The molecule has 0 bridgehead atoms. The van der Waals surface area contributed by atoms with E-state index in [2.05, 4.69) is 0 Å². The molecule has 0 aliphatic carbocycles. The number of amides is 2. The molecule has 0 aromatic heterocycles. The van der Waals surface area contributed by atoms with Crippen molar-refractivity contribution in [1.29, 1.82) is 0 Å². The number of ether oxygens (including phenoxy) is 1. The Morgan fingerprint density at radius 2 is 1.93 bits per heavy atom. The monoisotopic (exact) mass is 376 g/mol. The summed E-state index contributed by atoms with van der Waals surface area (Å²) in [5, 5.41) is 9.00. The number of nitrogens with zero attached hydrogens (tertiary/aromatic N) is 2. The average molecular weight is 376 g/mol. The molecule has 1 heterocycles. The van der Waals surface area contributed by atoms with Gasteiger partial charge in [-0.2, -0.15) is 0 Å². The number of benzene rings is 1. The molecular weight excluding hydrogens is 348 g/mol. The van der Waals surface area contributed by atoms with Gasteiger partial charge in [0.15, 0.2) is 0 Å². The van der Waals surface area contributed by atoms with Crippen molar-refractivity contribution < 1.29 is 24.2 Å². The van der Waals surface area contributed by atoms with E-state index in [1.165, 1.54) is 11.8 Å². The number of carboxylic acids is 1. The minimum Gasteiger partial charge on any atom is -0.480 e. The third-order valence-corrected chi connectivity index (χ3v) is 4.77. The van der Waals surface area contributed by atoms with Gasteiger partial charge >= 0.3 is 5.97 Å². The second-order valence-corrected chi connectivity index (χ2v) is 6.79. The zero-order valence-corrected chi connectivity index (χ0v) is 15.8. The first-order valence-electron chi connectivity index (χ1n) is 9.36. The normalized spacial score (nSPS) is 17.2. The van der Waals surface area contributed by atoms with E-state index in [0.29, 0.717) is 45.6 Å². The molecule has 1 aliphatic rings. The van der Waals surface area contributed by atoms with Gasteiger partial charge in [0.25, 0.3) is 0 Å². The lowest BCUT2D eigenvalue weighted by Crippen LogP contribution is -2.43. The topological polar surface area (TPSA) is 87.2 Å². The Morgan fingerprint density at radius 3 is 2.59 bits per heavy atom. The van der Waals surface area contributed by atoms with Crippen LogP contribution in [-0.4, -0.2) is 65.0 Å². The van der Waals surface area contributed by atoms with Gasteiger partial charge in [0.05, 0.1) is 19.6 Å². The molecule has 0 radical (unpaired) electrons. The zero-order valence-electron chi connectivity index (χ0n) is 15.8. The number of aliphatic carboxylic acids is 1. The van der Waals surface area contributed by atoms with Crippen LogP contribution in [0.4, 0.5) is 0 Å². The summed E-state index contributed by atoms with van der Waals surface area (Å²) in [5.41, 5.74) is 1.07. The number of hydrogen-bond donors (Lipinski definition) is 1. The molecule has 148 valence electrons. The summed E-state index contributed by atoms with van der Waals surface area (Å²) in [6.45, 7) is 3.12. The van der Waals surface area contributed by atoms with Crippen molar-refractivity contribution in [3.05, 3.63) is 35.9 Å². The van der Waals surface area contributed by atoms with Crippen molar-refractivity contribution in [3.63, 3.8) is 0 Å². The number of likely N-dealkylation sites (tertiary alicyclic amines) is 1. The van der Waals surface area contributed by atoms with Crippen molar-refractivity contribution in [2.45, 2.75) is 45.3 Å². The number of carbonyl (C=O) groups excluding carboxylic acids is 2. The molecule has 1 saturated heterocycles. The summed E-state index contributed by atoms with van der Waals surface area (Å²) in [6.07, 6.45) is 2.39. The molecular formula is C20H28N2O5. The zero-order chi connectivity index (χ0) is 19.6. The second kappa shape index (κ2) is 10.7. The Morgan fingerprint density at radius 1 is 1.19 bits per heavy atom. The first-order chi connectivity index (χ1) is 13.0. The standard InChI is InChI=1S/C20H28N2O5/c1-16(23)22(14-20(25)26)18-8-5-11-21(12-9-18)19(24)10-13-27-15-17-6-3-2-4-7-17/h2-4,6-7,18H,5,8-15H2,1H3,(H,25,26). The maximum atomic E-state index is 12.4. The lowest BCUT2D eigenvalue weighted by molar-refractivity contribution is -0.145. The van der Waals surface area contributed by atoms with Crippen LogP contribution in [0.25, 0.3) is 0 Å². The van der Waals surface area contributed by atoms with E-state index in [-0.39, 0.29) is 24.4 Å². The molecule has 1 atom stereocenters. The maximum absolute atomic E-state index is 12.4. The van der Waals surface area contributed by atoms with E-state index < -0.39 is 5.97 Å². The minimum atomic E-state index is -1.02. The SMILES string of the molecule is CC(=O)N(CC(=O)O)C1CCCN(C(=O)CCOCc2ccccc2)CC1. The quantitative estimate of drug-likeness (QED) is 0.700. The predicted molar refractivity (Wildman–Crippen MR) is 100.0 cm³/mol. The van der Waals surface area contributed by atoms with E-state index in [9.17, 15) is 14.4 Å². The molecule has 1 unspecified atom stereocenters. The van der Waals surface area contributed by atoms with Crippen LogP contribution in [0.5, 0.6) is 0 Å². The number of carboxylic acid groups (broad SMARTS) is 1. The van der Waals surface area contributed by atoms with Gasteiger partial charge in [0, 0.05) is 26.1 Å². The fourth-order valence-corrected chi connectivity index (χ4v) is 3.36. The Kier molecular flexibility index (Phi) is 8.26. The molecule has 2 amide bonds. The fourth-order valence-electron chi connectivity index (χ4n) is 3.36. The molecule has 27 heavy (non-hydrogen) atoms. The van der Waals surface area contributed by atoms with Crippen LogP contribution in [0.1, 0.15) is 38.2 Å². The minimum absolute atomic E-state index is 0.0383. The Labute approximate surface area is 159 Å². The molecule has 7 nitrogen and oxygen atoms in total. The average Bonchev–Trinajstić information content (AvgIpc) is 2.90. The van der Waals surface area contributed by atoms with Gasteiger partial charge in [-0.1, -0.05) is 30.3 Å². The van der Waals surface area contributed by atoms with Crippen LogP contribution in [0, 0.1) is 0 Å². The summed E-state index contributed by atoms with van der Waals surface area (Å²) in [6, 6.07) is 9.68. The highest BCUT2D eigenvalue weighted by molar-refractivity contribution is 5.80. The number of hydrogen-bond acceptors (Lipinski definition) is 4. The molecule has 1 fully saturated rings. The molecule has 0 saturated carbocycles. The highest BCUT2D eigenvalue weighted by Gasteiger charge is 2.27. The molecule has 1 aromatic rings. The van der Waals surface area contributed by atoms with Crippen molar-refractivity contribution in [2.24, 2.45) is 0 Å². The van der Waals surface area contributed by atoms with Crippen molar-refractivity contribution in [1.82, 2.24) is 9.80 Å². The second-order valence-electron chi connectivity index (χ2n) is 6.79. The van der Waals surface area contributed by atoms with E-state index in [0.717, 1.165) is 12.0 Å². The summed E-state index contributed by atoms with van der Waals surface area (Å²) < 4.78 is 5.58. The molecule has 1 N–H and O–H groups in total.